The molecule has 0 spiro atoms. The summed E-state index contributed by atoms with van der Waals surface area (Å²) in [6, 6.07) is 4.61. The van der Waals surface area contributed by atoms with E-state index in [4.69, 9.17) is 10.3 Å². The van der Waals surface area contributed by atoms with Gasteiger partial charge in [-0.05, 0) is 12.1 Å². The second-order valence-corrected chi connectivity index (χ2v) is 4.47. The van der Waals surface area contributed by atoms with Crippen LogP contribution in [0.5, 0.6) is 5.75 Å². The van der Waals surface area contributed by atoms with Gasteiger partial charge in [0, 0.05) is 23.0 Å². The molecule has 0 radical (unpaired) electrons. The van der Waals surface area contributed by atoms with Gasteiger partial charge in [0.1, 0.15) is 11.4 Å². The number of nitrogens with two attached hydrogens (primary N) is 1. The second kappa shape index (κ2) is 4.69. The summed E-state index contributed by atoms with van der Waals surface area (Å²) in [7, 11) is 0. The van der Waals surface area contributed by atoms with Gasteiger partial charge in [-0.2, -0.15) is 0 Å². The van der Waals surface area contributed by atoms with Crippen LogP contribution in [0.25, 0.3) is 11.3 Å². The fourth-order valence-electron chi connectivity index (χ4n) is 1.53. The zero-order valence-electron chi connectivity index (χ0n) is 9.40. The molecule has 0 aliphatic carbocycles. The number of hydrogen-bond acceptors (Lipinski definition) is 5. The maximum absolute atomic E-state index is 11.2. The van der Waals surface area contributed by atoms with E-state index in [1.54, 1.807) is 6.07 Å². The summed E-state index contributed by atoms with van der Waals surface area (Å²) in [4.78, 5) is 11.2. The monoisotopic (exact) mass is 311 g/mol. The lowest BCUT2D eigenvalue weighted by Crippen LogP contribution is -2.07. The van der Waals surface area contributed by atoms with E-state index in [-0.39, 0.29) is 23.2 Å². The van der Waals surface area contributed by atoms with Crippen LogP contribution in [0.1, 0.15) is 6.92 Å². The third-order valence-corrected chi connectivity index (χ3v) is 2.88. The third-order valence-electron chi connectivity index (χ3n) is 2.22. The Morgan fingerprint density at radius 1 is 1.56 bits per heavy atom. The highest BCUT2D eigenvalue weighted by Gasteiger charge is 2.17. The van der Waals surface area contributed by atoms with Crippen molar-refractivity contribution in [2.75, 3.05) is 11.1 Å². The Balaban J connectivity index is 2.63. The number of hydrogen-bond donors (Lipinski definition) is 3. The van der Waals surface area contributed by atoms with Crippen molar-refractivity contribution in [3.63, 3.8) is 0 Å². The number of carbonyl (C=O) groups is 1. The SMILES string of the molecule is CC(=O)Nc1c(O)ccc(Br)c1-c1cc(N)on1. The van der Waals surface area contributed by atoms with Gasteiger partial charge in [-0.1, -0.05) is 21.1 Å². The average Bonchev–Trinajstić information content (AvgIpc) is 2.70. The molecule has 6 nitrogen and oxygen atoms in total. The molecule has 1 aromatic heterocycles. The molecule has 1 aromatic carbocycles. The number of nitrogens with one attached hydrogen (secondary N) is 1. The number of nitrogen functional groups attached to an aromatic ring is 1. The van der Waals surface area contributed by atoms with Crippen molar-refractivity contribution in [1.82, 2.24) is 5.16 Å². The van der Waals surface area contributed by atoms with Gasteiger partial charge in [-0.3, -0.25) is 4.79 Å². The Kier molecular flexibility index (Phi) is 3.24. The Hall–Kier alpha value is -2.02. The first kappa shape index (κ1) is 12.4. The number of nitrogens with zero attached hydrogens (tertiary/aromatic N) is 1. The number of anilines is 2. The summed E-state index contributed by atoms with van der Waals surface area (Å²) < 4.78 is 5.44. The average molecular weight is 312 g/mol. The van der Waals surface area contributed by atoms with Gasteiger partial charge in [0.2, 0.25) is 11.8 Å². The molecular formula is C11H10BrN3O3. The van der Waals surface area contributed by atoms with E-state index in [1.165, 1.54) is 19.1 Å². The van der Waals surface area contributed by atoms with Gasteiger partial charge < -0.3 is 20.7 Å². The van der Waals surface area contributed by atoms with E-state index in [0.717, 1.165) is 0 Å². The zero-order valence-corrected chi connectivity index (χ0v) is 11.0. The van der Waals surface area contributed by atoms with Crippen LogP contribution < -0.4 is 11.1 Å². The van der Waals surface area contributed by atoms with E-state index < -0.39 is 0 Å². The first-order valence-corrected chi connectivity index (χ1v) is 5.80. The van der Waals surface area contributed by atoms with Crippen LogP contribution in [-0.2, 0) is 4.79 Å². The Labute approximate surface area is 111 Å². The quantitative estimate of drug-likeness (QED) is 0.739. The number of phenolic OH excluding ortho intramolecular Hbond substituents is 1. The van der Waals surface area contributed by atoms with Gasteiger partial charge in [0.05, 0.1) is 5.69 Å². The second-order valence-electron chi connectivity index (χ2n) is 3.61. The standard InChI is InChI=1S/C11H10BrN3O3/c1-5(16)14-11-8(17)3-2-6(12)10(11)7-4-9(13)18-15-7/h2-4,17H,13H2,1H3,(H,14,16). The molecule has 0 fully saturated rings. The first-order chi connectivity index (χ1) is 8.49. The third kappa shape index (κ3) is 2.30. The molecule has 0 saturated carbocycles. The predicted molar refractivity (Wildman–Crippen MR) is 70.0 cm³/mol. The van der Waals surface area contributed by atoms with Crippen molar-refractivity contribution < 1.29 is 14.4 Å². The summed E-state index contributed by atoms with van der Waals surface area (Å²) in [5.74, 6) is -0.222. The normalized spacial score (nSPS) is 10.3. The minimum atomic E-state index is -0.305. The summed E-state index contributed by atoms with van der Waals surface area (Å²) in [5, 5.41) is 16.1. The number of rotatable bonds is 2. The number of amides is 1. The molecule has 18 heavy (non-hydrogen) atoms. The van der Waals surface area contributed by atoms with Crippen molar-refractivity contribution in [3.05, 3.63) is 22.7 Å². The van der Waals surface area contributed by atoms with E-state index >= 15 is 0 Å². The smallest absolute Gasteiger partial charge is 0.222 e. The molecule has 0 saturated heterocycles. The summed E-state index contributed by atoms with van der Waals surface area (Å²) >= 11 is 3.33. The number of aromatic nitrogens is 1. The lowest BCUT2D eigenvalue weighted by atomic mass is 10.1. The molecule has 7 heteroatoms. The van der Waals surface area contributed by atoms with Crippen molar-refractivity contribution in [1.29, 1.82) is 0 Å². The topological polar surface area (TPSA) is 101 Å². The lowest BCUT2D eigenvalue weighted by Gasteiger charge is -2.11. The number of aromatic hydroxyl groups is 1. The van der Waals surface area contributed by atoms with Crippen LogP contribution >= 0.6 is 15.9 Å². The Bertz CT molecular complexity index is 610. The van der Waals surface area contributed by atoms with Gasteiger partial charge in [0.15, 0.2) is 0 Å². The van der Waals surface area contributed by atoms with Gasteiger partial charge in [-0.15, -0.1) is 0 Å². The molecule has 4 N–H and O–H groups in total. The summed E-state index contributed by atoms with van der Waals surface area (Å²) in [6.07, 6.45) is 0. The van der Waals surface area contributed by atoms with Crippen molar-refractivity contribution >= 4 is 33.4 Å². The lowest BCUT2D eigenvalue weighted by molar-refractivity contribution is -0.114. The molecule has 0 aliphatic heterocycles. The van der Waals surface area contributed by atoms with Crippen LogP contribution in [0.3, 0.4) is 0 Å². The van der Waals surface area contributed by atoms with E-state index in [1.807, 2.05) is 0 Å². The number of carbonyl (C=O) groups excluding carboxylic acids is 1. The number of benzene rings is 1. The predicted octanol–water partition coefficient (Wildman–Crippen LogP) is 2.35. The van der Waals surface area contributed by atoms with Crippen LogP contribution in [0.4, 0.5) is 11.6 Å². The molecule has 2 aromatic rings. The van der Waals surface area contributed by atoms with E-state index in [9.17, 15) is 9.90 Å². The minimum absolute atomic E-state index is 0.0648. The molecule has 1 amide bonds. The van der Waals surface area contributed by atoms with Crippen LogP contribution in [0.15, 0.2) is 27.2 Å². The maximum Gasteiger partial charge on any atom is 0.222 e. The van der Waals surface area contributed by atoms with Crippen LogP contribution in [0.2, 0.25) is 0 Å². The molecule has 94 valence electrons. The molecule has 1 heterocycles. The van der Waals surface area contributed by atoms with Crippen molar-refractivity contribution in [2.24, 2.45) is 0 Å². The summed E-state index contributed by atoms with van der Waals surface area (Å²) in [5.41, 5.74) is 6.64. The van der Waals surface area contributed by atoms with Crippen molar-refractivity contribution in [2.45, 2.75) is 6.92 Å². The largest absolute Gasteiger partial charge is 0.506 e. The van der Waals surface area contributed by atoms with Gasteiger partial charge in [0.25, 0.3) is 0 Å². The van der Waals surface area contributed by atoms with Gasteiger partial charge >= 0.3 is 0 Å². The summed E-state index contributed by atoms with van der Waals surface area (Å²) in [6.45, 7) is 1.35. The molecule has 0 unspecified atom stereocenters. The maximum atomic E-state index is 11.2. The first-order valence-electron chi connectivity index (χ1n) is 5.00. The van der Waals surface area contributed by atoms with Crippen LogP contribution in [0, 0.1) is 0 Å². The minimum Gasteiger partial charge on any atom is -0.506 e. The van der Waals surface area contributed by atoms with E-state index in [2.05, 4.69) is 26.4 Å². The van der Waals surface area contributed by atoms with Crippen molar-refractivity contribution in [3.8, 4) is 17.0 Å². The molecule has 0 bridgehead atoms. The molecule has 0 atom stereocenters. The van der Waals surface area contributed by atoms with Crippen LogP contribution in [-0.4, -0.2) is 16.2 Å². The molecular weight excluding hydrogens is 302 g/mol. The Morgan fingerprint density at radius 3 is 2.83 bits per heavy atom. The number of phenols is 1. The highest BCUT2D eigenvalue weighted by atomic mass is 79.9. The van der Waals surface area contributed by atoms with E-state index in [0.29, 0.717) is 15.7 Å². The zero-order chi connectivity index (χ0) is 13.3. The highest BCUT2D eigenvalue weighted by Crippen LogP contribution is 2.40. The fourth-order valence-corrected chi connectivity index (χ4v) is 2.06. The fraction of sp³-hybridized carbons (Fsp3) is 0.0909. The molecule has 2 rings (SSSR count). The Morgan fingerprint density at radius 2 is 2.28 bits per heavy atom. The number of halogens is 1. The highest BCUT2D eigenvalue weighted by molar-refractivity contribution is 9.10. The molecule has 0 aliphatic rings. The van der Waals surface area contributed by atoms with Gasteiger partial charge in [-0.25, -0.2) is 0 Å².